The van der Waals surface area contributed by atoms with Gasteiger partial charge in [0.15, 0.2) is 0 Å². The maximum Gasteiger partial charge on any atom is 0.227 e. The normalized spacial score (nSPS) is 20.3. The highest BCUT2D eigenvalue weighted by Gasteiger charge is 2.21. The number of nitrogens with one attached hydrogen (secondary N) is 2. The minimum Gasteiger partial charge on any atom is -0.378 e. The lowest BCUT2D eigenvalue weighted by Gasteiger charge is -2.27. The summed E-state index contributed by atoms with van der Waals surface area (Å²) in [6, 6.07) is 3.89. The van der Waals surface area contributed by atoms with Crippen LogP contribution in [-0.4, -0.2) is 50.3 Å². The molecule has 0 atom stereocenters. The van der Waals surface area contributed by atoms with Crippen LogP contribution in [0.15, 0.2) is 18.3 Å². The van der Waals surface area contributed by atoms with E-state index in [0.29, 0.717) is 0 Å². The highest BCUT2D eigenvalue weighted by Crippen LogP contribution is 2.18. The first-order valence-corrected chi connectivity index (χ1v) is 7.63. The van der Waals surface area contributed by atoms with Crippen LogP contribution in [0.4, 0.5) is 11.5 Å². The number of anilines is 2. The van der Waals surface area contributed by atoms with Gasteiger partial charge >= 0.3 is 0 Å². The molecule has 6 heteroatoms. The third kappa shape index (κ3) is 3.71. The second kappa shape index (κ2) is 6.87. The number of carbonyl (C=O) groups is 1. The quantitative estimate of drug-likeness (QED) is 0.864. The molecule has 1 amide bonds. The number of hydrogen-bond acceptors (Lipinski definition) is 5. The number of hydrogen-bond donors (Lipinski definition) is 2. The fourth-order valence-corrected chi connectivity index (χ4v) is 2.77. The van der Waals surface area contributed by atoms with Gasteiger partial charge in [-0.3, -0.25) is 4.79 Å². The third-order valence-electron chi connectivity index (χ3n) is 4.06. The molecule has 2 saturated heterocycles. The summed E-state index contributed by atoms with van der Waals surface area (Å²) < 4.78 is 5.33. The molecule has 2 fully saturated rings. The topological polar surface area (TPSA) is 66.5 Å². The zero-order valence-electron chi connectivity index (χ0n) is 12.2. The van der Waals surface area contributed by atoms with Crippen LogP contribution in [0.2, 0.25) is 0 Å². The summed E-state index contributed by atoms with van der Waals surface area (Å²) in [6.45, 7) is 5.08. The molecule has 6 nitrogen and oxygen atoms in total. The van der Waals surface area contributed by atoms with Crippen molar-refractivity contribution in [2.45, 2.75) is 12.8 Å². The van der Waals surface area contributed by atoms with Crippen LogP contribution in [0.25, 0.3) is 0 Å². The monoisotopic (exact) mass is 290 g/mol. The van der Waals surface area contributed by atoms with E-state index in [2.05, 4.69) is 20.5 Å². The van der Waals surface area contributed by atoms with Crippen LogP contribution >= 0.6 is 0 Å². The molecule has 0 bridgehead atoms. The number of morpholine rings is 1. The molecule has 2 aliphatic rings. The minimum atomic E-state index is 0.109. The molecule has 3 rings (SSSR count). The molecule has 0 spiro atoms. The van der Waals surface area contributed by atoms with Crippen molar-refractivity contribution in [3.05, 3.63) is 18.3 Å². The summed E-state index contributed by atoms with van der Waals surface area (Å²) in [5, 5.41) is 6.24. The summed E-state index contributed by atoms with van der Waals surface area (Å²) in [4.78, 5) is 18.8. The van der Waals surface area contributed by atoms with E-state index in [1.807, 2.05) is 12.1 Å². The predicted octanol–water partition coefficient (Wildman–Crippen LogP) is 0.856. The Labute approximate surface area is 124 Å². The molecule has 0 aromatic carbocycles. The molecule has 2 N–H and O–H groups in total. The van der Waals surface area contributed by atoms with Gasteiger partial charge < -0.3 is 20.3 Å². The zero-order valence-corrected chi connectivity index (χ0v) is 12.2. The van der Waals surface area contributed by atoms with Crippen molar-refractivity contribution >= 4 is 17.4 Å². The summed E-state index contributed by atoms with van der Waals surface area (Å²) in [5.41, 5.74) is 0.774. The Morgan fingerprint density at radius 2 is 2.05 bits per heavy atom. The number of pyridine rings is 1. The van der Waals surface area contributed by atoms with Crippen LogP contribution in [-0.2, 0) is 9.53 Å². The summed E-state index contributed by atoms with van der Waals surface area (Å²) >= 11 is 0. The van der Waals surface area contributed by atoms with Gasteiger partial charge in [0.05, 0.1) is 25.1 Å². The SMILES string of the molecule is O=C(Nc1ccc(N2CCOCC2)nc1)C1CCNCC1. The van der Waals surface area contributed by atoms with Crippen molar-refractivity contribution in [1.82, 2.24) is 10.3 Å². The van der Waals surface area contributed by atoms with Gasteiger partial charge in [0, 0.05) is 19.0 Å². The lowest BCUT2D eigenvalue weighted by molar-refractivity contribution is -0.120. The molecular weight excluding hydrogens is 268 g/mol. The van der Waals surface area contributed by atoms with Gasteiger partial charge in [0.2, 0.25) is 5.91 Å². The standard InChI is InChI=1S/C15H22N4O2/c20-15(12-3-5-16-6-4-12)18-13-1-2-14(17-11-13)19-7-9-21-10-8-19/h1-2,11-12,16H,3-10H2,(H,18,20). The van der Waals surface area contributed by atoms with Crippen molar-refractivity contribution < 1.29 is 9.53 Å². The minimum absolute atomic E-state index is 0.109. The molecule has 0 unspecified atom stereocenters. The molecule has 1 aromatic heterocycles. The first-order valence-electron chi connectivity index (χ1n) is 7.63. The highest BCUT2D eigenvalue weighted by atomic mass is 16.5. The first kappa shape index (κ1) is 14.3. The van der Waals surface area contributed by atoms with E-state index in [-0.39, 0.29) is 11.8 Å². The van der Waals surface area contributed by atoms with Gasteiger partial charge in [-0.2, -0.15) is 0 Å². The maximum absolute atomic E-state index is 12.2. The fourth-order valence-electron chi connectivity index (χ4n) is 2.77. The van der Waals surface area contributed by atoms with Crippen molar-refractivity contribution in [2.75, 3.05) is 49.6 Å². The van der Waals surface area contributed by atoms with Gasteiger partial charge in [0.1, 0.15) is 5.82 Å². The van der Waals surface area contributed by atoms with E-state index in [1.165, 1.54) is 0 Å². The molecule has 0 radical (unpaired) electrons. The lowest BCUT2D eigenvalue weighted by Crippen LogP contribution is -2.36. The number of amides is 1. The van der Waals surface area contributed by atoms with Gasteiger partial charge in [0.25, 0.3) is 0 Å². The number of nitrogens with zero attached hydrogens (tertiary/aromatic N) is 2. The van der Waals surface area contributed by atoms with Crippen molar-refractivity contribution in [3.8, 4) is 0 Å². The number of aromatic nitrogens is 1. The Morgan fingerprint density at radius 1 is 1.29 bits per heavy atom. The fraction of sp³-hybridized carbons (Fsp3) is 0.600. The van der Waals surface area contributed by atoms with Gasteiger partial charge in [-0.25, -0.2) is 4.98 Å². The predicted molar refractivity (Wildman–Crippen MR) is 81.5 cm³/mol. The molecular formula is C15H22N4O2. The van der Waals surface area contributed by atoms with E-state index in [4.69, 9.17) is 4.74 Å². The summed E-state index contributed by atoms with van der Waals surface area (Å²) in [5.74, 6) is 1.17. The smallest absolute Gasteiger partial charge is 0.227 e. The van der Waals surface area contributed by atoms with E-state index in [9.17, 15) is 4.79 Å². The van der Waals surface area contributed by atoms with Crippen LogP contribution < -0.4 is 15.5 Å². The average Bonchev–Trinajstić information content (AvgIpc) is 2.57. The van der Waals surface area contributed by atoms with Gasteiger partial charge in [-0.05, 0) is 38.1 Å². The van der Waals surface area contributed by atoms with Gasteiger partial charge in [-0.1, -0.05) is 0 Å². The number of rotatable bonds is 3. The molecule has 114 valence electrons. The van der Waals surface area contributed by atoms with E-state index in [0.717, 1.165) is 63.7 Å². The average molecular weight is 290 g/mol. The Balaban J connectivity index is 1.57. The largest absolute Gasteiger partial charge is 0.378 e. The van der Waals surface area contributed by atoms with Crippen molar-refractivity contribution in [2.24, 2.45) is 5.92 Å². The highest BCUT2D eigenvalue weighted by molar-refractivity contribution is 5.92. The van der Waals surface area contributed by atoms with E-state index < -0.39 is 0 Å². The number of ether oxygens (including phenoxy) is 1. The number of carbonyl (C=O) groups excluding carboxylic acids is 1. The van der Waals surface area contributed by atoms with Crippen molar-refractivity contribution in [3.63, 3.8) is 0 Å². The Bertz CT molecular complexity index is 465. The van der Waals surface area contributed by atoms with E-state index >= 15 is 0 Å². The maximum atomic E-state index is 12.2. The van der Waals surface area contributed by atoms with Crippen LogP contribution in [0.1, 0.15) is 12.8 Å². The number of piperidine rings is 1. The van der Waals surface area contributed by atoms with E-state index in [1.54, 1.807) is 6.20 Å². The summed E-state index contributed by atoms with van der Waals surface area (Å²) in [6.07, 6.45) is 3.56. The summed E-state index contributed by atoms with van der Waals surface area (Å²) in [7, 11) is 0. The molecule has 1 aromatic rings. The Hall–Kier alpha value is -1.66. The van der Waals surface area contributed by atoms with Crippen LogP contribution in [0.3, 0.4) is 0 Å². The Kier molecular flexibility index (Phi) is 4.67. The third-order valence-corrected chi connectivity index (χ3v) is 4.06. The Morgan fingerprint density at radius 3 is 2.71 bits per heavy atom. The molecule has 3 heterocycles. The molecule has 0 saturated carbocycles. The van der Waals surface area contributed by atoms with Crippen molar-refractivity contribution in [1.29, 1.82) is 0 Å². The van der Waals surface area contributed by atoms with Crippen LogP contribution in [0, 0.1) is 5.92 Å². The van der Waals surface area contributed by atoms with Gasteiger partial charge in [-0.15, -0.1) is 0 Å². The lowest BCUT2D eigenvalue weighted by atomic mass is 9.97. The second-order valence-corrected chi connectivity index (χ2v) is 5.52. The second-order valence-electron chi connectivity index (χ2n) is 5.52. The molecule has 21 heavy (non-hydrogen) atoms. The molecule has 0 aliphatic carbocycles. The zero-order chi connectivity index (χ0) is 14.5. The first-order chi connectivity index (χ1) is 10.3. The van der Waals surface area contributed by atoms with Crippen LogP contribution in [0.5, 0.6) is 0 Å². The molecule has 2 aliphatic heterocycles.